The molecule has 1 fully saturated rings. The molecule has 0 heterocycles. The van der Waals surface area contributed by atoms with Gasteiger partial charge in [-0.1, -0.05) is 43.0 Å². The Bertz CT molecular complexity index is 410. The summed E-state index contributed by atoms with van der Waals surface area (Å²) < 4.78 is 0. The maximum absolute atomic E-state index is 11.7. The van der Waals surface area contributed by atoms with Gasteiger partial charge in [0.05, 0.1) is 5.54 Å². The number of halogens is 1. The van der Waals surface area contributed by atoms with Crippen LogP contribution in [0.3, 0.4) is 0 Å². The maximum atomic E-state index is 11.7. The summed E-state index contributed by atoms with van der Waals surface area (Å²) in [5.74, 6) is 0. The number of hydrogen-bond acceptors (Lipinski definition) is 1. The summed E-state index contributed by atoms with van der Waals surface area (Å²) in [6.45, 7) is 0. The molecule has 1 aromatic rings. The van der Waals surface area contributed by atoms with Crippen molar-refractivity contribution in [1.82, 2.24) is 10.6 Å². The molecule has 18 heavy (non-hydrogen) atoms. The monoisotopic (exact) mass is 266 g/mol. The van der Waals surface area contributed by atoms with E-state index in [0.29, 0.717) is 0 Å². The summed E-state index contributed by atoms with van der Waals surface area (Å²) >= 11 is 5.93. The smallest absolute Gasteiger partial charge is 0.315 e. The van der Waals surface area contributed by atoms with E-state index in [1.54, 1.807) is 7.05 Å². The minimum Gasteiger partial charge on any atom is -0.341 e. The Balaban J connectivity index is 2.28. The summed E-state index contributed by atoms with van der Waals surface area (Å²) in [5.41, 5.74) is 0.915. The molecule has 1 saturated carbocycles. The third kappa shape index (κ3) is 2.78. The number of rotatable bonds is 2. The van der Waals surface area contributed by atoms with E-state index < -0.39 is 0 Å². The molecule has 0 spiro atoms. The minimum atomic E-state index is -0.233. The van der Waals surface area contributed by atoms with Gasteiger partial charge in [-0.05, 0) is 30.5 Å². The van der Waals surface area contributed by atoms with E-state index in [1.165, 1.54) is 6.42 Å². The number of carbonyl (C=O) groups excluding carboxylic acids is 1. The zero-order valence-corrected chi connectivity index (χ0v) is 11.4. The molecule has 0 atom stereocenters. The van der Waals surface area contributed by atoms with Crippen molar-refractivity contribution in [3.05, 3.63) is 34.9 Å². The van der Waals surface area contributed by atoms with Crippen LogP contribution in [-0.2, 0) is 5.54 Å². The van der Waals surface area contributed by atoms with E-state index in [4.69, 9.17) is 11.6 Å². The van der Waals surface area contributed by atoms with Crippen LogP contribution in [-0.4, -0.2) is 13.1 Å². The first-order valence-corrected chi connectivity index (χ1v) is 6.80. The van der Waals surface area contributed by atoms with E-state index in [9.17, 15) is 4.79 Å². The van der Waals surface area contributed by atoms with Gasteiger partial charge in [0.2, 0.25) is 0 Å². The van der Waals surface area contributed by atoms with Crippen molar-refractivity contribution in [2.75, 3.05) is 7.05 Å². The van der Waals surface area contributed by atoms with Crippen molar-refractivity contribution in [1.29, 1.82) is 0 Å². The Labute approximate surface area is 113 Å². The lowest BCUT2D eigenvalue weighted by Crippen LogP contribution is -2.50. The number of amides is 2. The van der Waals surface area contributed by atoms with Crippen LogP contribution < -0.4 is 10.6 Å². The third-order valence-corrected chi connectivity index (χ3v) is 3.94. The fourth-order valence-corrected chi connectivity index (χ4v) is 2.82. The van der Waals surface area contributed by atoms with Gasteiger partial charge in [-0.2, -0.15) is 0 Å². The van der Waals surface area contributed by atoms with E-state index >= 15 is 0 Å². The Kier molecular flexibility index (Phi) is 4.12. The predicted molar refractivity (Wildman–Crippen MR) is 73.8 cm³/mol. The maximum Gasteiger partial charge on any atom is 0.315 e. The summed E-state index contributed by atoms with van der Waals surface area (Å²) in [4.78, 5) is 11.7. The van der Waals surface area contributed by atoms with Crippen molar-refractivity contribution in [3.63, 3.8) is 0 Å². The molecule has 2 rings (SSSR count). The number of benzene rings is 1. The molecule has 1 aliphatic carbocycles. The second-order valence-electron chi connectivity index (χ2n) is 4.85. The Hall–Kier alpha value is -1.22. The van der Waals surface area contributed by atoms with Crippen LogP contribution in [0.1, 0.15) is 37.7 Å². The fraction of sp³-hybridized carbons (Fsp3) is 0.500. The summed E-state index contributed by atoms with van der Waals surface area (Å²) in [5, 5.41) is 6.49. The zero-order chi connectivity index (χ0) is 13.0. The average Bonchev–Trinajstić information content (AvgIpc) is 2.40. The van der Waals surface area contributed by atoms with Crippen LogP contribution in [0.25, 0.3) is 0 Å². The zero-order valence-electron chi connectivity index (χ0n) is 10.6. The van der Waals surface area contributed by atoms with Gasteiger partial charge in [0.1, 0.15) is 0 Å². The highest BCUT2D eigenvalue weighted by molar-refractivity contribution is 6.30. The first-order valence-electron chi connectivity index (χ1n) is 6.42. The van der Waals surface area contributed by atoms with Gasteiger partial charge in [-0.3, -0.25) is 0 Å². The molecular weight excluding hydrogens is 248 g/mol. The van der Waals surface area contributed by atoms with Crippen LogP contribution >= 0.6 is 11.6 Å². The van der Waals surface area contributed by atoms with Gasteiger partial charge in [-0.25, -0.2) is 4.79 Å². The van der Waals surface area contributed by atoms with Crippen LogP contribution in [0.4, 0.5) is 4.79 Å². The molecule has 0 unspecified atom stereocenters. The van der Waals surface area contributed by atoms with Crippen molar-refractivity contribution in [3.8, 4) is 0 Å². The molecule has 3 nitrogen and oxygen atoms in total. The van der Waals surface area contributed by atoms with E-state index in [0.717, 1.165) is 36.3 Å². The summed E-state index contributed by atoms with van der Waals surface area (Å²) in [6, 6.07) is 7.69. The highest BCUT2D eigenvalue weighted by atomic mass is 35.5. The lowest BCUT2D eigenvalue weighted by atomic mass is 9.76. The van der Waals surface area contributed by atoms with Gasteiger partial charge in [0.25, 0.3) is 0 Å². The van der Waals surface area contributed by atoms with E-state index in [1.807, 2.05) is 24.3 Å². The highest BCUT2D eigenvalue weighted by Crippen LogP contribution is 2.37. The number of urea groups is 1. The van der Waals surface area contributed by atoms with Crippen LogP contribution in [0.2, 0.25) is 5.02 Å². The fourth-order valence-electron chi connectivity index (χ4n) is 2.69. The molecule has 2 N–H and O–H groups in total. The van der Waals surface area contributed by atoms with Gasteiger partial charge in [0.15, 0.2) is 0 Å². The molecule has 2 amide bonds. The molecule has 0 aromatic heterocycles. The first-order chi connectivity index (χ1) is 8.66. The third-order valence-electron chi connectivity index (χ3n) is 3.68. The van der Waals surface area contributed by atoms with Crippen molar-refractivity contribution < 1.29 is 4.79 Å². The largest absolute Gasteiger partial charge is 0.341 e. The molecule has 0 aliphatic heterocycles. The molecule has 98 valence electrons. The van der Waals surface area contributed by atoms with Gasteiger partial charge >= 0.3 is 6.03 Å². The summed E-state index contributed by atoms with van der Waals surface area (Å²) in [6.07, 6.45) is 5.51. The standard InChI is InChI=1S/C14H19ClN2O/c1-16-13(18)17-14(9-3-2-4-10-14)11-5-7-12(15)8-6-11/h5-8H,2-4,9-10H2,1H3,(H2,16,17,18). The van der Waals surface area contributed by atoms with Crippen LogP contribution in [0.15, 0.2) is 24.3 Å². The van der Waals surface area contributed by atoms with E-state index in [2.05, 4.69) is 10.6 Å². The summed E-state index contributed by atoms with van der Waals surface area (Å²) in [7, 11) is 1.65. The van der Waals surface area contributed by atoms with Gasteiger partial charge < -0.3 is 10.6 Å². The Morgan fingerprint density at radius 3 is 2.33 bits per heavy atom. The second kappa shape index (κ2) is 5.61. The SMILES string of the molecule is CNC(=O)NC1(c2ccc(Cl)cc2)CCCCC1. The molecular formula is C14H19ClN2O. The minimum absolute atomic E-state index is 0.119. The number of nitrogens with one attached hydrogen (secondary N) is 2. The average molecular weight is 267 g/mol. The highest BCUT2D eigenvalue weighted by Gasteiger charge is 2.35. The normalized spacial score (nSPS) is 18.1. The van der Waals surface area contributed by atoms with Crippen molar-refractivity contribution in [2.45, 2.75) is 37.6 Å². The molecule has 0 radical (unpaired) electrons. The van der Waals surface area contributed by atoms with E-state index in [-0.39, 0.29) is 11.6 Å². The molecule has 1 aromatic carbocycles. The topological polar surface area (TPSA) is 41.1 Å². The number of hydrogen-bond donors (Lipinski definition) is 2. The lowest BCUT2D eigenvalue weighted by Gasteiger charge is -2.38. The molecule has 4 heteroatoms. The Morgan fingerprint density at radius 1 is 1.17 bits per heavy atom. The second-order valence-corrected chi connectivity index (χ2v) is 5.29. The van der Waals surface area contributed by atoms with Gasteiger partial charge in [-0.15, -0.1) is 0 Å². The molecule has 0 bridgehead atoms. The van der Waals surface area contributed by atoms with Crippen molar-refractivity contribution in [2.24, 2.45) is 0 Å². The van der Waals surface area contributed by atoms with Gasteiger partial charge in [0, 0.05) is 12.1 Å². The van der Waals surface area contributed by atoms with Crippen molar-refractivity contribution >= 4 is 17.6 Å². The van der Waals surface area contributed by atoms with Crippen LogP contribution in [0, 0.1) is 0 Å². The quantitative estimate of drug-likeness (QED) is 0.846. The van der Waals surface area contributed by atoms with Crippen LogP contribution in [0.5, 0.6) is 0 Å². The first kappa shape index (κ1) is 13.2. The number of carbonyl (C=O) groups is 1. The Morgan fingerprint density at radius 2 is 1.78 bits per heavy atom. The molecule has 1 aliphatic rings. The molecule has 0 saturated heterocycles. The lowest BCUT2D eigenvalue weighted by molar-refractivity contribution is 0.204. The predicted octanol–water partition coefficient (Wildman–Crippen LogP) is 3.43.